The van der Waals surface area contributed by atoms with Crippen molar-refractivity contribution >= 4 is 29.0 Å². The number of nitrogens with two attached hydrogens (primary N) is 1. The van der Waals surface area contributed by atoms with Crippen molar-refractivity contribution in [1.82, 2.24) is 9.88 Å². The first-order chi connectivity index (χ1) is 10.6. The van der Waals surface area contributed by atoms with Crippen LogP contribution in [0.2, 0.25) is 0 Å². The zero-order chi connectivity index (χ0) is 15.5. The Morgan fingerprint density at radius 2 is 2.18 bits per heavy atom. The van der Waals surface area contributed by atoms with E-state index in [2.05, 4.69) is 4.98 Å². The molecule has 0 radical (unpaired) electrons. The number of carbonyl (C=O) groups is 2. The van der Waals surface area contributed by atoms with Gasteiger partial charge in [-0.25, -0.2) is 4.98 Å². The predicted molar refractivity (Wildman–Crippen MR) is 81.5 cm³/mol. The molecule has 2 N–H and O–H groups in total. The second kappa shape index (κ2) is 6.01. The van der Waals surface area contributed by atoms with Crippen LogP contribution in [-0.4, -0.2) is 34.8 Å². The number of hydrogen-bond acceptors (Lipinski definition) is 4. The first-order valence-electron chi connectivity index (χ1n) is 7.25. The van der Waals surface area contributed by atoms with Gasteiger partial charge in [0.1, 0.15) is 5.52 Å². The molecule has 1 fully saturated rings. The molecule has 1 aromatic heterocycles. The van der Waals surface area contributed by atoms with Gasteiger partial charge >= 0.3 is 0 Å². The number of nitrogens with zero attached hydrogens (tertiary/aromatic N) is 2. The maximum atomic E-state index is 12.2. The molecule has 1 aliphatic rings. The fraction of sp³-hybridized carbons (Fsp3) is 0.312. The molecule has 0 spiro atoms. The highest BCUT2D eigenvalue weighted by Gasteiger charge is 2.25. The summed E-state index contributed by atoms with van der Waals surface area (Å²) in [6.07, 6.45) is 4.51. The molecule has 2 amide bonds. The summed E-state index contributed by atoms with van der Waals surface area (Å²) in [5.74, 6) is -0.373. The van der Waals surface area contributed by atoms with Gasteiger partial charge in [0, 0.05) is 25.2 Å². The minimum absolute atomic E-state index is 0.159. The number of primary amides is 1. The number of oxazole rings is 1. The lowest BCUT2D eigenvalue weighted by Gasteiger charge is -2.30. The van der Waals surface area contributed by atoms with Crippen LogP contribution in [0.3, 0.4) is 0 Å². The Morgan fingerprint density at radius 1 is 1.36 bits per heavy atom. The molecule has 1 aliphatic heterocycles. The van der Waals surface area contributed by atoms with E-state index in [0.29, 0.717) is 24.6 Å². The molecule has 1 saturated heterocycles. The van der Waals surface area contributed by atoms with Crippen molar-refractivity contribution in [1.29, 1.82) is 0 Å². The van der Waals surface area contributed by atoms with Gasteiger partial charge in [-0.1, -0.05) is 12.1 Å². The average molecular weight is 299 g/mol. The van der Waals surface area contributed by atoms with Crippen LogP contribution >= 0.6 is 0 Å². The van der Waals surface area contributed by atoms with Gasteiger partial charge in [-0.15, -0.1) is 0 Å². The second-order valence-electron chi connectivity index (χ2n) is 5.38. The standard InChI is InChI=1S/C16H17N3O3/c17-16(21)11-4-3-9-19(10-11)15(20)8-7-14-18-12-5-1-2-6-13(12)22-14/h1-2,5-8,11H,3-4,9-10H2,(H2,17,21)/b8-7+. The Balaban J connectivity index is 1.69. The van der Waals surface area contributed by atoms with E-state index in [1.807, 2.05) is 24.3 Å². The van der Waals surface area contributed by atoms with Crippen LogP contribution in [0.15, 0.2) is 34.8 Å². The van der Waals surface area contributed by atoms with Gasteiger partial charge in [0.15, 0.2) is 5.58 Å². The third-order valence-corrected chi connectivity index (χ3v) is 3.81. The maximum absolute atomic E-state index is 12.2. The summed E-state index contributed by atoms with van der Waals surface area (Å²) in [6, 6.07) is 7.41. The molecule has 22 heavy (non-hydrogen) atoms. The molecule has 2 aromatic rings. The molecule has 0 bridgehead atoms. The quantitative estimate of drug-likeness (QED) is 0.871. The summed E-state index contributed by atoms with van der Waals surface area (Å²) >= 11 is 0. The zero-order valence-corrected chi connectivity index (χ0v) is 12.1. The van der Waals surface area contributed by atoms with E-state index < -0.39 is 0 Å². The Morgan fingerprint density at radius 3 is 2.95 bits per heavy atom. The summed E-state index contributed by atoms with van der Waals surface area (Å²) in [5, 5.41) is 0. The van der Waals surface area contributed by atoms with Gasteiger partial charge < -0.3 is 15.1 Å². The Kier molecular flexibility index (Phi) is 3.91. The number of fused-ring (bicyclic) bond motifs is 1. The molecule has 6 heteroatoms. The van der Waals surface area contributed by atoms with Gasteiger partial charge in [-0.3, -0.25) is 9.59 Å². The van der Waals surface area contributed by atoms with Crippen LogP contribution in [0.1, 0.15) is 18.7 Å². The molecule has 1 atom stereocenters. The van der Waals surface area contributed by atoms with E-state index >= 15 is 0 Å². The molecule has 2 heterocycles. The number of aromatic nitrogens is 1. The lowest BCUT2D eigenvalue weighted by atomic mass is 9.97. The van der Waals surface area contributed by atoms with Crippen LogP contribution in [0.5, 0.6) is 0 Å². The van der Waals surface area contributed by atoms with E-state index in [9.17, 15) is 9.59 Å². The van der Waals surface area contributed by atoms with E-state index in [-0.39, 0.29) is 17.7 Å². The SMILES string of the molecule is NC(=O)C1CCCN(C(=O)/C=C/c2nc3ccccc3o2)C1. The van der Waals surface area contributed by atoms with Gasteiger partial charge in [0.25, 0.3) is 0 Å². The Labute approximate surface area is 127 Å². The van der Waals surface area contributed by atoms with E-state index in [4.69, 9.17) is 10.2 Å². The Bertz CT molecular complexity index is 702. The molecule has 0 saturated carbocycles. The van der Waals surface area contributed by atoms with Crippen LogP contribution in [-0.2, 0) is 9.59 Å². The van der Waals surface area contributed by atoms with Gasteiger partial charge in [0.2, 0.25) is 17.7 Å². The minimum atomic E-state index is -0.347. The average Bonchev–Trinajstić information content (AvgIpc) is 2.95. The van der Waals surface area contributed by atoms with E-state index in [0.717, 1.165) is 18.4 Å². The Hall–Kier alpha value is -2.63. The van der Waals surface area contributed by atoms with E-state index in [1.165, 1.54) is 6.08 Å². The molecule has 3 rings (SSSR count). The third kappa shape index (κ3) is 3.00. The largest absolute Gasteiger partial charge is 0.437 e. The second-order valence-corrected chi connectivity index (χ2v) is 5.38. The third-order valence-electron chi connectivity index (χ3n) is 3.81. The first kappa shape index (κ1) is 14.3. The fourth-order valence-corrected chi connectivity index (χ4v) is 2.62. The lowest BCUT2D eigenvalue weighted by Crippen LogP contribution is -2.43. The molecular weight excluding hydrogens is 282 g/mol. The summed E-state index contributed by atoms with van der Waals surface area (Å²) in [5.41, 5.74) is 6.75. The molecule has 0 aliphatic carbocycles. The molecule has 6 nitrogen and oxygen atoms in total. The number of rotatable bonds is 3. The van der Waals surface area contributed by atoms with Gasteiger partial charge in [-0.05, 0) is 25.0 Å². The molecule has 1 unspecified atom stereocenters. The summed E-state index contributed by atoms with van der Waals surface area (Å²) < 4.78 is 5.52. The number of amides is 2. The van der Waals surface area contributed by atoms with Crippen LogP contribution in [0.25, 0.3) is 17.2 Å². The number of para-hydroxylation sites is 2. The van der Waals surface area contributed by atoms with Crippen LogP contribution in [0, 0.1) is 5.92 Å². The summed E-state index contributed by atoms with van der Waals surface area (Å²) in [4.78, 5) is 29.3. The minimum Gasteiger partial charge on any atom is -0.437 e. The number of benzene rings is 1. The molecule has 1 aromatic carbocycles. The smallest absolute Gasteiger partial charge is 0.246 e. The van der Waals surface area contributed by atoms with Crippen molar-refractivity contribution in [3.05, 3.63) is 36.2 Å². The zero-order valence-electron chi connectivity index (χ0n) is 12.1. The molecular formula is C16H17N3O3. The van der Waals surface area contributed by atoms with Crippen molar-refractivity contribution < 1.29 is 14.0 Å². The van der Waals surface area contributed by atoms with Crippen molar-refractivity contribution in [2.45, 2.75) is 12.8 Å². The number of hydrogen-bond donors (Lipinski definition) is 1. The fourth-order valence-electron chi connectivity index (χ4n) is 2.62. The topological polar surface area (TPSA) is 89.4 Å². The summed E-state index contributed by atoms with van der Waals surface area (Å²) in [7, 11) is 0. The molecule has 114 valence electrons. The van der Waals surface area contributed by atoms with Gasteiger partial charge in [0.05, 0.1) is 5.92 Å². The predicted octanol–water partition coefficient (Wildman–Crippen LogP) is 1.56. The highest BCUT2D eigenvalue weighted by molar-refractivity contribution is 5.92. The lowest BCUT2D eigenvalue weighted by molar-refractivity contribution is -0.130. The highest BCUT2D eigenvalue weighted by Crippen LogP contribution is 2.18. The van der Waals surface area contributed by atoms with Crippen molar-refractivity contribution in [3.63, 3.8) is 0 Å². The maximum Gasteiger partial charge on any atom is 0.246 e. The summed E-state index contributed by atoms with van der Waals surface area (Å²) in [6.45, 7) is 1.02. The van der Waals surface area contributed by atoms with Crippen molar-refractivity contribution in [3.8, 4) is 0 Å². The van der Waals surface area contributed by atoms with Crippen molar-refractivity contribution in [2.24, 2.45) is 11.7 Å². The first-order valence-corrected chi connectivity index (χ1v) is 7.25. The number of likely N-dealkylation sites (tertiary alicyclic amines) is 1. The normalized spacial score (nSPS) is 18.9. The van der Waals surface area contributed by atoms with Gasteiger partial charge in [-0.2, -0.15) is 0 Å². The highest BCUT2D eigenvalue weighted by atomic mass is 16.3. The van der Waals surface area contributed by atoms with Crippen LogP contribution in [0.4, 0.5) is 0 Å². The number of carbonyl (C=O) groups excluding carboxylic acids is 2. The monoisotopic (exact) mass is 299 g/mol. The number of piperidine rings is 1. The van der Waals surface area contributed by atoms with Crippen LogP contribution < -0.4 is 5.73 Å². The van der Waals surface area contributed by atoms with Crippen molar-refractivity contribution in [2.75, 3.05) is 13.1 Å². The van der Waals surface area contributed by atoms with E-state index in [1.54, 1.807) is 11.0 Å².